The minimum absolute atomic E-state index is 0.0539. The first-order chi connectivity index (χ1) is 8.74. The van der Waals surface area contributed by atoms with E-state index >= 15 is 0 Å². The Morgan fingerprint density at radius 2 is 2.22 bits per heavy atom. The molecule has 90 valence electrons. The fourth-order valence-corrected chi connectivity index (χ4v) is 2.82. The molecule has 1 aromatic carbocycles. The van der Waals surface area contributed by atoms with E-state index in [4.69, 9.17) is 5.11 Å². The predicted octanol–water partition coefficient (Wildman–Crippen LogP) is 3.52. The summed E-state index contributed by atoms with van der Waals surface area (Å²) < 4.78 is 0. The van der Waals surface area contributed by atoms with Crippen molar-refractivity contribution in [2.24, 2.45) is 0 Å². The van der Waals surface area contributed by atoms with E-state index in [2.05, 4.69) is 17.1 Å². The molecule has 0 aliphatic rings. The third-order valence-corrected chi connectivity index (χ3v) is 3.83. The number of hydrogen-bond donors (Lipinski definition) is 2. The Morgan fingerprint density at radius 1 is 1.33 bits per heavy atom. The fraction of sp³-hybridized carbons (Fsp3) is 0.0714. The van der Waals surface area contributed by atoms with Gasteiger partial charge < -0.3 is 10.1 Å². The molecule has 4 heteroatoms. The number of carboxylic acid groups (broad SMARTS) is 1. The van der Waals surface area contributed by atoms with Gasteiger partial charge in [0.2, 0.25) is 0 Å². The maximum atomic E-state index is 10.8. The normalized spacial score (nSPS) is 10.9. The highest BCUT2D eigenvalue weighted by Gasteiger charge is 2.08. The number of rotatable bonds is 3. The van der Waals surface area contributed by atoms with Gasteiger partial charge in [-0.3, -0.25) is 4.79 Å². The molecule has 3 aromatic rings. The van der Waals surface area contributed by atoms with Gasteiger partial charge in [-0.25, -0.2) is 0 Å². The van der Waals surface area contributed by atoms with E-state index in [0.717, 1.165) is 22.0 Å². The smallest absolute Gasteiger partial charge is 0.307 e. The van der Waals surface area contributed by atoms with Crippen LogP contribution in [0, 0.1) is 0 Å². The third-order valence-electron chi connectivity index (χ3n) is 2.91. The molecule has 0 amide bonds. The summed E-state index contributed by atoms with van der Waals surface area (Å²) in [6.45, 7) is 0. The van der Waals surface area contributed by atoms with Crippen molar-refractivity contribution in [1.29, 1.82) is 0 Å². The van der Waals surface area contributed by atoms with Gasteiger partial charge in [0, 0.05) is 22.0 Å². The molecule has 0 radical (unpaired) electrons. The SMILES string of the molecule is O=C(O)Cc1c[nH]c2cc(-c3cccs3)ccc12. The molecule has 0 unspecified atom stereocenters. The Balaban J connectivity index is 2.07. The van der Waals surface area contributed by atoms with Crippen molar-refractivity contribution < 1.29 is 9.90 Å². The number of aromatic amines is 1. The fourth-order valence-electron chi connectivity index (χ4n) is 2.09. The van der Waals surface area contributed by atoms with Crippen molar-refractivity contribution in [2.75, 3.05) is 0 Å². The maximum absolute atomic E-state index is 10.8. The van der Waals surface area contributed by atoms with Gasteiger partial charge >= 0.3 is 5.97 Å². The molecule has 0 spiro atoms. The Kier molecular flexibility index (Phi) is 2.64. The van der Waals surface area contributed by atoms with Crippen molar-refractivity contribution in [3.05, 3.63) is 47.5 Å². The quantitative estimate of drug-likeness (QED) is 0.754. The lowest BCUT2D eigenvalue weighted by molar-refractivity contribution is -0.136. The lowest BCUT2D eigenvalue weighted by atomic mass is 10.1. The topological polar surface area (TPSA) is 53.1 Å². The highest BCUT2D eigenvalue weighted by atomic mass is 32.1. The van der Waals surface area contributed by atoms with Crippen LogP contribution in [0.25, 0.3) is 21.3 Å². The zero-order valence-corrected chi connectivity index (χ0v) is 10.3. The second kappa shape index (κ2) is 4.31. The van der Waals surface area contributed by atoms with E-state index in [9.17, 15) is 4.79 Å². The van der Waals surface area contributed by atoms with Gasteiger partial charge in [0.25, 0.3) is 0 Å². The van der Waals surface area contributed by atoms with E-state index < -0.39 is 5.97 Å². The van der Waals surface area contributed by atoms with E-state index in [-0.39, 0.29) is 6.42 Å². The molecule has 3 rings (SSSR count). The summed E-state index contributed by atoms with van der Waals surface area (Å²) >= 11 is 1.69. The van der Waals surface area contributed by atoms with Gasteiger partial charge in [0.05, 0.1) is 6.42 Å². The molecule has 0 aliphatic carbocycles. The van der Waals surface area contributed by atoms with Crippen LogP contribution in [0.4, 0.5) is 0 Å². The molecule has 3 nitrogen and oxygen atoms in total. The van der Waals surface area contributed by atoms with Crippen molar-refractivity contribution in [3.63, 3.8) is 0 Å². The zero-order chi connectivity index (χ0) is 12.5. The highest BCUT2D eigenvalue weighted by Crippen LogP contribution is 2.29. The Hall–Kier alpha value is -2.07. The van der Waals surface area contributed by atoms with E-state index in [1.807, 2.05) is 23.6 Å². The van der Waals surface area contributed by atoms with Crippen LogP contribution in [-0.4, -0.2) is 16.1 Å². The monoisotopic (exact) mass is 257 g/mol. The number of aromatic nitrogens is 1. The highest BCUT2D eigenvalue weighted by molar-refractivity contribution is 7.13. The minimum Gasteiger partial charge on any atom is -0.481 e. The number of nitrogens with one attached hydrogen (secondary N) is 1. The van der Waals surface area contributed by atoms with E-state index in [1.54, 1.807) is 17.5 Å². The predicted molar refractivity (Wildman–Crippen MR) is 73.0 cm³/mol. The second-order valence-electron chi connectivity index (χ2n) is 4.12. The third kappa shape index (κ3) is 1.91. The summed E-state index contributed by atoms with van der Waals surface area (Å²) in [4.78, 5) is 15.1. The van der Waals surface area contributed by atoms with E-state index in [0.29, 0.717) is 0 Å². The summed E-state index contributed by atoms with van der Waals surface area (Å²) in [5.74, 6) is -0.807. The molecule has 2 aromatic heterocycles. The number of hydrogen-bond acceptors (Lipinski definition) is 2. The van der Waals surface area contributed by atoms with Crippen molar-refractivity contribution in [1.82, 2.24) is 4.98 Å². The summed E-state index contributed by atoms with van der Waals surface area (Å²) in [5.41, 5.74) is 2.97. The molecular formula is C14H11NO2S. The second-order valence-corrected chi connectivity index (χ2v) is 5.07. The number of carboxylic acids is 1. The molecule has 18 heavy (non-hydrogen) atoms. The number of fused-ring (bicyclic) bond motifs is 1. The van der Waals surface area contributed by atoms with Gasteiger partial charge in [0.1, 0.15) is 0 Å². The standard InChI is InChI=1S/C14H11NO2S/c16-14(17)7-10-8-15-12-6-9(3-4-11(10)12)13-2-1-5-18-13/h1-6,8,15H,7H2,(H,16,17). The minimum atomic E-state index is -0.807. The van der Waals surface area contributed by atoms with Crippen LogP contribution >= 0.6 is 11.3 Å². The lowest BCUT2D eigenvalue weighted by Gasteiger charge is -1.99. The molecular weight excluding hydrogens is 246 g/mol. The lowest BCUT2D eigenvalue weighted by Crippen LogP contribution is -1.98. The van der Waals surface area contributed by atoms with Gasteiger partial charge in [-0.05, 0) is 28.6 Å². The number of carbonyl (C=O) groups is 1. The molecule has 0 fully saturated rings. The van der Waals surface area contributed by atoms with Crippen LogP contribution in [0.15, 0.2) is 41.9 Å². The van der Waals surface area contributed by atoms with E-state index in [1.165, 1.54) is 4.88 Å². The zero-order valence-electron chi connectivity index (χ0n) is 9.51. The Morgan fingerprint density at radius 3 is 2.94 bits per heavy atom. The molecule has 0 saturated carbocycles. The number of benzene rings is 1. The number of aliphatic carboxylic acids is 1. The van der Waals surface area contributed by atoms with Gasteiger partial charge in [-0.2, -0.15) is 0 Å². The molecule has 2 N–H and O–H groups in total. The van der Waals surface area contributed by atoms with Crippen LogP contribution in [0.1, 0.15) is 5.56 Å². The van der Waals surface area contributed by atoms with Crippen LogP contribution in [0.3, 0.4) is 0 Å². The first kappa shape index (κ1) is 11.0. The average Bonchev–Trinajstić information content (AvgIpc) is 2.97. The van der Waals surface area contributed by atoms with Gasteiger partial charge in [0.15, 0.2) is 0 Å². The first-order valence-electron chi connectivity index (χ1n) is 5.60. The van der Waals surface area contributed by atoms with Crippen LogP contribution in [0.5, 0.6) is 0 Å². The molecule has 0 aliphatic heterocycles. The largest absolute Gasteiger partial charge is 0.481 e. The maximum Gasteiger partial charge on any atom is 0.307 e. The molecule has 2 heterocycles. The molecule has 0 atom stereocenters. The number of thiophene rings is 1. The molecule has 0 bridgehead atoms. The summed E-state index contributed by atoms with van der Waals surface area (Å²) in [6.07, 6.45) is 1.83. The van der Waals surface area contributed by atoms with Crippen LogP contribution in [0.2, 0.25) is 0 Å². The first-order valence-corrected chi connectivity index (χ1v) is 6.48. The van der Waals surface area contributed by atoms with Crippen molar-refractivity contribution >= 4 is 28.2 Å². The van der Waals surface area contributed by atoms with Crippen molar-refractivity contribution in [3.8, 4) is 10.4 Å². The molecule has 0 saturated heterocycles. The van der Waals surface area contributed by atoms with Crippen molar-refractivity contribution in [2.45, 2.75) is 6.42 Å². The van der Waals surface area contributed by atoms with Crippen LogP contribution in [-0.2, 0) is 11.2 Å². The average molecular weight is 257 g/mol. The van der Waals surface area contributed by atoms with Gasteiger partial charge in [-0.1, -0.05) is 18.2 Å². The summed E-state index contributed by atoms with van der Waals surface area (Å²) in [6, 6.07) is 10.2. The Labute approximate surface area is 108 Å². The summed E-state index contributed by atoms with van der Waals surface area (Å²) in [5, 5.41) is 11.9. The Bertz CT molecular complexity index is 698. The van der Waals surface area contributed by atoms with Crippen LogP contribution < -0.4 is 0 Å². The van der Waals surface area contributed by atoms with Gasteiger partial charge in [-0.15, -0.1) is 11.3 Å². The summed E-state index contributed by atoms with van der Waals surface area (Å²) in [7, 11) is 0. The number of H-pyrrole nitrogens is 1.